The molecule has 21 heavy (non-hydrogen) atoms. The molecule has 1 heterocycles. The summed E-state index contributed by atoms with van der Waals surface area (Å²) in [6, 6.07) is 18.9. The minimum atomic E-state index is 0.206. The second-order valence-corrected chi connectivity index (χ2v) is 6.14. The van der Waals surface area contributed by atoms with Gasteiger partial charge in [0.25, 0.3) is 0 Å². The molecule has 4 rings (SSSR count). The third-order valence-electron chi connectivity index (χ3n) is 4.78. The molecule has 0 unspecified atom stereocenters. The summed E-state index contributed by atoms with van der Waals surface area (Å²) < 4.78 is 0. The molecule has 0 spiro atoms. The molecule has 2 heteroatoms. The van der Waals surface area contributed by atoms with Gasteiger partial charge in [0.2, 0.25) is 5.91 Å². The van der Waals surface area contributed by atoms with Crippen molar-refractivity contribution in [3.63, 3.8) is 0 Å². The van der Waals surface area contributed by atoms with Crippen molar-refractivity contribution in [1.82, 2.24) is 4.90 Å². The second-order valence-electron chi connectivity index (χ2n) is 6.14. The van der Waals surface area contributed by atoms with Gasteiger partial charge in [-0.15, -0.1) is 0 Å². The average Bonchev–Trinajstić information content (AvgIpc) is 3.35. The number of amides is 1. The summed E-state index contributed by atoms with van der Waals surface area (Å²) in [5.41, 5.74) is 4.03. The van der Waals surface area contributed by atoms with Crippen LogP contribution in [0.5, 0.6) is 0 Å². The monoisotopic (exact) mass is 277 g/mol. The topological polar surface area (TPSA) is 20.3 Å². The summed E-state index contributed by atoms with van der Waals surface area (Å²) in [4.78, 5) is 14.7. The van der Waals surface area contributed by atoms with Crippen molar-refractivity contribution >= 4 is 5.91 Å². The molecular weight excluding hydrogens is 258 g/mol. The molecule has 1 fully saturated rings. The maximum Gasteiger partial charge on any atom is 0.226 e. The first kappa shape index (κ1) is 12.6. The van der Waals surface area contributed by atoms with E-state index in [0.717, 1.165) is 25.9 Å². The van der Waals surface area contributed by atoms with Gasteiger partial charge in [0.15, 0.2) is 0 Å². The smallest absolute Gasteiger partial charge is 0.226 e. The summed E-state index contributed by atoms with van der Waals surface area (Å²) in [5.74, 6) is 0.992. The van der Waals surface area contributed by atoms with Gasteiger partial charge in [-0.1, -0.05) is 54.6 Å². The Labute approximate surface area is 125 Å². The fraction of sp³-hybridized carbons (Fsp3) is 0.316. The quantitative estimate of drug-likeness (QED) is 0.824. The zero-order valence-electron chi connectivity index (χ0n) is 12.0. The molecule has 1 amide bonds. The number of nitrogens with zero attached hydrogens (tertiary/aromatic N) is 1. The first-order valence-electron chi connectivity index (χ1n) is 7.73. The van der Waals surface area contributed by atoms with E-state index in [9.17, 15) is 4.79 Å². The van der Waals surface area contributed by atoms with Crippen LogP contribution in [0, 0.1) is 5.92 Å². The number of hydrogen-bond donors (Lipinski definition) is 0. The molecule has 0 saturated heterocycles. The molecule has 2 nitrogen and oxygen atoms in total. The Balaban J connectivity index is 1.46. The maximum absolute atomic E-state index is 12.7. The van der Waals surface area contributed by atoms with Crippen LogP contribution >= 0.6 is 0 Å². The van der Waals surface area contributed by atoms with Crippen LogP contribution in [0.1, 0.15) is 29.0 Å². The molecule has 1 saturated carbocycles. The summed E-state index contributed by atoms with van der Waals surface area (Å²) in [7, 11) is 0. The minimum Gasteiger partial charge on any atom is -0.338 e. The van der Waals surface area contributed by atoms with Gasteiger partial charge in [0.05, 0.1) is 0 Å². The summed E-state index contributed by atoms with van der Waals surface area (Å²) in [5, 5.41) is 0. The largest absolute Gasteiger partial charge is 0.338 e. The van der Waals surface area contributed by atoms with E-state index >= 15 is 0 Å². The lowest BCUT2D eigenvalue weighted by atomic mass is 9.99. The zero-order valence-corrected chi connectivity index (χ0v) is 12.0. The Kier molecular flexibility index (Phi) is 3.03. The lowest BCUT2D eigenvalue weighted by Crippen LogP contribution is -2.37. The van der Waals surface area contributed by atoms with Gasteiger partial charge in [0.1, 0.15) is 0 Å². The summed E-state index contributed by atoms with van der Waals surface area (Å²) in [6.45, 7) is 1.65. The molecule has 2 atom stereocenters. The molecular formula is C19H19NO. The van der Waals surface area contributed by atoms with E-state index < -0.39 is 0 Å². The molecule has 0 radical (unpaired) electrons. The van der Waals surface area contributed by atoms with E-state index in [0.29, 0.717) is 11.8 Å². The lowest BCUT2D eigenvalue weighted by molar-refractivity contribution is -0.133. The van der Waals surface area contributed by atoms with E-state index in [1.165, 1.54) is 16.7 Å². The Hall–Kier alpha value is -2.09. The van der Waals surface area contributed by atoms with Crippen LogP contribution in [-0.4, -0.2) is 17.4 Å². The van der Waals surface area contributed by atoms with Crippen molar-refractivity contribution < 1.29 is 4.79 Å². The van der Waals surface area contributed by atoms with Crippen LogP contribution in [0.15, 0.2) is 54.6 Å². The standard InChI is InChI=1S/C19H19NO/c21-19(18-12-17(18)15-7-2-1-3-8-15)20-11-10-14-6-4-5-9-16(14)13-20/h1-9,17-18H,10-13H2/t17-,18+/m0/s1. The van der Waals surface area contributed by atoms with Crippen LogP contribution in [0.3, 0.4) is 0 Å². The predicted octanol–water partition coefficient (Wildman–Crippen LogP) is 3.38. The van der Waals surface area contributed by atoms with Crippen molar-refractivity contribution in [2.24, 2.45) is 5.92 Å². The van der Waals surface area contributed by atoms with E-state index in [2.05, 4.69) is 53.4 Å². The molecule has 1 aliphatic carbocycles. The van der Waals surface area contributed by atoms with E-state index in [1.807, 2.05) is 6.07 Å². The Morgan fingerprint density at radius 3 is 2.48 bits per heavy atom. The molecule has 2 aromatic rings. The van der Waals surface area contributed by atoms with Gasteiger partial charge in [-0.25, -0.2) is 0 Å². The molecule has 1 aliphatic heterocycles. The minimum absolute atomic E-state index is 0.206. The lowest BCUT2D eigenvalue weighted by Gasteiger charge is -2.29. The van der Waals surface area contributed by atoms with Crippen LogP contribution in [0.4, 0.5) is 0 Å². The van der Waals surface area contributed by atoms with Gasteiger partial charge in [-0.2, -0.15) is 0 Å². The van der Waals surface area contributed by atoms with Crippen LogP contribution in [-0.2, 0) is 17.8 Å². The van der Waals surface area contributed by atoms with Gasteiger partial charge in [-0.3, -0.25) is 4.79 Å². The SMILES string of the molecule is O=C([C@@H]1C[C@H]1c1ccccc1)N1CCc2ccccc2C1. The van der Waals surface area contributed by atoms with Crippen LogP contribution in [0.2, 0.25) is 0 Å². The van der Waals surface area contributed by atoms with Crippen molar-refractivity contribution in [1.29, 1.82) is 0 Å². The first-order valence-corrected chi connectivity index (χ1v) is 7.73. The molecule has 2 aromatic carbocycles. The van der Waals surface area contributed by atoms with Gasteiger partial charge in [0, 0.05) is 19.0 Å². The molecule has 0 bridgehead atoms. The number of hydrogen-bond acceptors (Lipinski definition) is 1. The third-order valence-corrected chi connectivity index (χ3v) is 4.78. The van der Waals surface area contributed by atoms with Gasteiger partial charge < -0.3 is 4.90 Å². The van der Waals surface area contributed by atoms with Crippen molar-refractivity contribution in [3.8, 4) is 0 Å². The molecule has 2 aliphatic rings. The zero-order chi connectivity index (χ0) is 14.2. The van der Waals surface area contributed by atoms with Gasteiger partial charge in [-0.05, 0) is 35.4 Å². The highest BCUT2D eigenvalue weighted by molar-refractivity contribution is 5.83. The molecule has 0 N–H and O–H groups in total. The van der Waals surface area contributed by atoms with E-state index in [1.54, 1.807) is 0 Å². The van der Waals surface area contributed by atoms with Crippen molar-refractivity contribution in [2.45, 2.75) is 25.3 Å². The van der Waals surface area contributed by atoms with Crippen LogP contribution in [0.25, 0.3) is 0 Å². The number of carbonyl (C=O) groups excluding carboxylic acids is 1. The molecule has 0 aromatic heterocycles. The number of carbonyl (C=O) groups is 1. The number of benzene rings is 2. The molecule has 106 valence electrons. The Bertz CT molecular complexity index is 664. The second kappa shape index (κ2) is 5.03. The van der Waals surface area contributed by atoms with E-state index in [4.69, 9.17) is 0 Å². The predicted molar refractivity (Wildman–Crippen MR) is 82.9 cm³/mol. The highest BCUT2D eigenvalue weighted by Crippen LogP contribution is 2.48. The van der Waals surface area contributed by atoms with Gasteiger partial charge >= 0.3 is 0 Å². The fourth-order valence-electron chi connectivity index (χ4n) is 3.45. The number of fused-ring (bicyclic) bond motifs is 1. The van der Waals surface area contributed by atoms with Crippen molar-refractivity contribution in [3.05, 3.63) is 71.3 Å². The highest BCUT2D eigenvalue weighted by atomic mass is 16.2. The van der Waals surface area contributed by atoms with Crippen LogP contribution < -0.4 is 0 Å². The average molecular weight is 277 g/mol. The van der Waals surface area contributed by atoms with E-state index in [-0.39, 0.29) is 5.92 Å². The highest BCUT2D eigenvalue weighted by Gasteiger charge is 2.45. The third kappa shape index (κ3) is 2.35. The maximum atomic E-state index is 12.7. The Morgan fingerprint density at radius 2 is 1.67 bits per heavy atom. The summed E-state index contributed by atoms with van der Waals surface area (Å²) in [6.07, 6.45) is 2.01. The fourth-order valence-corrected chi connectivity index (χ4v) is 3.45. The normalized spacial score (nSPS) is 23.5. The summed E-state index contributed by atoms with van der Waals surface area (Å²) >= 11 is 0. The first-order chi connectivity index (χ1) is 10.3. The van der Waals surface area contributed by atoms with Crippen molar-refractivity contribution in [2.75, 3.05) is 6.54 Å². The number of rotatable bonds is 2. The Morgan fingerprint density at radius 1 is 0.952 bits per heavy atom.